The summed E-state index contributed by atoms with van der Waals surface area (Å²) in [6.45, 7) is 0. The Hall–Kier alpha value is -2.49. The lowest BCUT2D eigenvalue weighted by atomic mass is 10.0. The molecule has 4 nitrogen and oxygen atoms in total. The third-order valence-corrected chi connectivity index (χ3v) is 3.28. The van der Waals surface area contributed by atoms with Gasteiger partial charge in [0.2, 0.25) is 0 Å². The Balaban J connectivity index is 2.46. The molecule has 0 aromatic heterocycles. The van der Waals surface area contributed by atoms with E-state index in [-0.39, 0.29) is 5.78 Å². The molecule has 0 saturated carbocycles. The maximum absolute atomic E-state index is 12.7. The lowest BCUT2D eigenvalue weighted by molar-refractivity contribution is 0.103. The lowest BCUT2D eigenvalue weighted by Gasteiger charge is -2.14. The molecule has 21 heavy (non-hydrogen) atoms. The molecular formula is C17H19NO3. The number of ether oxygens (including phenoxy) is 2. The third kappa shape index (κ3) is 3.16. The van der Waals surface area contributed by atoms with E-state index in [1.165, 1.54) is 0 Å². The van der Waals surface area contributed by atoms with Crippen LogP contribution in [0.4, 0.5) is 5.69 Å². The maximum Gasteiger partial charge on any atom is 0.196 e. The second kappa shape index (κ2) is 6.31. The Morgan fingerprint density at radius 1 is 1.00 bits per heavy atom. The second-order valence-corrected chi connectivity index (χ2v) is 4.84. The molecule has 0 bridgehead atoms. The van der Waals surface area contributed by atoms with Crippen LogP contribution in [0, 0.1) is 0 Å². The van der Waals surface area contributed by atoms with Crippen molar-refractivity contribution in [3.63, 3.8) is 0 Å². The van der Waals surface area contributed by atoms with E-state index in [4.69, 9.17) is 9.47 Å². The van der Waals surface area contributed by atoms with Gasteiger partial charge in [0.15, 0.2) is 5.78 Å². The van der Waals surface area contributed by atoms with Gasteiger partial charge in [-0.25, -0.2) is 0 Å². The minimum Gasteiger partial charge on any atom is -0.497 e. The summed E-state index contributed by atoms with van der Waals surface area (Å²) in [7, 11) is 7.00. The quantitative estimate of drug-likeness (QED) is 0.792. The largest absolute Gasteiger partial charge is 0.497 e. The van der Waals surface area contributed by atoms with Crippen LogP contribution in [-0.2, 0) is 0 Å². The minimum atomic E-state index is -0.0885. The van der Waals surface area contributed by atoms with Crippen molar-refractivity contribution in [2.45, 2.75) is 0 Å². The summed E-state index contributed by atoms with van der Waals surface area (Å²) < 4.78 is 10.5. The van der Waals surface area contributed by atoms with Crippen LogP contribution in [0.1, 0.15) is 15.9 Å². The molecule has 2 aromatic rings. The number of hydrogen-bond acceptors (Lipinski definition) is 4. The van der Waals surface area contributed by atoms with Gasteiger partial charge in [0, 0.05) is 25.3 Å². The molecule has 0 spiro atoms. The van der Waals surface area contributed by atoms with Crippen molar-refractivity contribution >= 4 is 11.5 Å². The Bertz CT molecular complexity index is 650. The molecule has 0 aliphatic heterocycles. The van der Waals surface area contributed by atoms with Gasteiger partial charge in [-0.3, -0.25) is 4.79 Å². The molecule has 0 fully saturated rings. The Kier molecular flexibility index (Phi) is 4.48. The van der Waals surface area contributed by atoms with E-state index in [9.17, 15) is 4.79 Å². The van der Waals surface area contributed by atoms with Crippen LogP contribution in [0.3, 0.4) is 0 Å². The van der Waals surface area contributed by atoms with Crippen LogP contribution in [0.2, 0.25) is 0 Å². The first-order valence-electron chi connectivity index (χ1n) is 6.61. The molecule has 0 amide bonds. The first-order chi connectivity index (χ1) is 10.1. The molecule has 0 saturated heterocycles. The van der Waals surface area contributed by atoms with Crippen LogP contribution < -0.4 is 14.4 Å². The van der Waals surface area contributed by atoms with E-state index >= 15 is 0 Å². The number of benzene rings is 2. The third-order valence-electron chi connectivity index (χ3n) is 3.28. The number of carbonyl (C=O) groups excluding carboxylic acids is 1. The molecule has 2 aromatic carbocycles. The fourth-order valence-corrected chi connectivity index (χ4v) is 2.07. The van der Waals surface area contributed by atoms with Crippen molar-refractivity contribution in [3.05, 3.63) is 53.6 Å². The summed E-state index contributed by atoms with van der Waals surface area (Å²) in [6, 6.07) is 12.7. The molecule has 110 valence electrons. The van der Waals surface area contributed by atoms with Gasteiger partial charge < -0.3 is 14.4 Å². The van der Waals surface area contributed by atoms with Crippen molar-refractivity contribution in [1.82, 2.24) is 0 Å². The molecule has 0 aliphatic rings. The van der Waals surface area contributed by atoms with E-state index in [1.54, 1.807) is 38.5 Å². The van der Waals surface area contributed by atoms with Crippen molar-refractivity contribution < 1.29 is 14.3 Å². The highest BCUT2D eigenvalue weighted by atomic mass is 16.5. The van der Waals surface area contributed by atoms with Crippen molar-refractivity contribution in [1.29, 1.82) is 0 Å². The van der Waals surface area contributed by atoms with Crippen molar-refractivity contribution in [2.75, 3.05) is 33.2 Å². The smallest absolute Gasteiger partial charge is 0.196 e. The molecule has 0 heterocycles. The van der Waals surface area contributed by atoms with Gasteiger partial charge in [-0.05, 0) is 30.3 Å². The van der Waals surface area contributed by atoms with Gasteiger partial charge in [0.05, 0.1) is 19.8 Å². The summed E-state index contributed by atoms with van der Waals surface area (Å²) in [5.41, 5.74) is 2.09. The standard InChI is InChI=1S/C17H19NO3/c1-18(2)13-7-5-6-12(10-13)17(19)15-11-14(20-3)8-9-16(15)21-4/h5-11H,1-4H3. The summed E-state index contributed by atoms with van der Waals surface area (Å²) >= 11 is 0. The summed E-state index contributed by atoms with van der Waals surface area (Å²) in [5, 5.41) is 0. The van der Waals surface area contributed by atoms with E-state index < -0.39 is 0 Å². The number of anilines is 1. The summed E-state index contributed by atoms with van der Waals surface area (Å²) in [6.07, 6.45) is 0. The molecule has 0 N–H and O–H groups in total. The van der Waals surface area contributed by atoms with E-state index in [0.29, 0.717) is 22.6 Å². The highest BCUT2D eigenvalue weighted by Crippen LogP contribution is 2.27. The second-order valence-electron chi connectivity index (χ2n) is 4.84. The normalized spacial score (nSPS) is 10.1. The highest BCUT2D eigenvalue weighted by Gasteiger charge is 2.16. The summed E-state index contributed by atoms with van der Waals surface area (Å²) in [4.78, 5) is 14.7. The molecule has 0 radical (unpaired) electrons. The Morgan fingerprint density at radius 2 is 1.76 bits per heavy atom. The fourth-order valence-electron chi connectivity index (χ4n) is 2.07. The molecular weight excluding hydrogens is 266 g/mol. The minimum absolute atomic E-state index is 0.0885. The van der Waals surface area contributed by atoms with Gasteiger partial charge >= 0.3 is 0 Å². The number of hydrogen-bond donors (Lipinski definition) is 0. The van der Waals surface area contributed by atoms with Crippen LogP contribution in [0.15, 0.2) is 42.5 Å². The maximum atomic E-state index is 12.7. The molecule has 0 atom stereocenters. The van der Waals surface area contributed by atoms with Gasteiger partial charge in [0.1, 0.15) is 11.5 Å². The topological polar surface area (TPSA) is 38.8 Å². The van der Waals surface area contributed by atoms with Crippen molar-refractivity contribution in [3.8, 4) is 11.5 Å². The zero-order valence-corrected chi connectivity index (χ0v) is 12.7. The molecule has 2 rings (SSSR count). The molecule has 4 heteroatoms. The first kappa shape index (κ1) is 14.9. The van der Waals surface area contributed by atoms with E-state index in [2.05, 4.69) is 0 Å². The SMILES string of the molecule is COc1ccc(OC)c(C(=O)c2cccc(N(C)C)c2)c1. The Labute approximate surface area is 124 Å². The first-order valence-corrected chi connectivity index (χ1v) is 6.61. The average molecular weight is 285 g/mol. The average Bonchev–Trinajstić information content (AvgIpc) is 2.53. The zero-order chi connectivity index (χ0) is 15.4. The number of methoxy groups -OCH3 is 2. The Morgan fingerprint density at radius 3 is 2.38 bits per heavy atom. The lowest BCUT2D eigenvalue weighted by Crippen LogP contribution is -2.10. The van der Waals surface area contributed by atoms with Gasteiger partial charge in [0.25, 0.3) is 0 Å². The van der Waals surface area contributed by atoms with Gasteiger partial charge in [-0.1, -0.05) is 12.1 Å². The summed E-state index contributed by atoms with van der Waals surface area (Å²) in [5.74, 6) is 1.08. The molecule has 0 unspecified atom stereocenters. The zero-order valence-electron chi connectivity index (χ0n) is 12.7. The highest BCUT2D eigenvalue weighted by molar-refractivity contribution is 6.11. The monoisotopic (exact) mass is 285 g/mol. The number of rotatable bonds is 5. The van der Waals surface area contributed by atoms with E-state index in [1.807, 2.05) is 37.2 Å². The van der Waals surface area contributed by atoms with Crippen LogP contribution in [-0.4, -0.2) is 34.1 Å². The number of nitrogens with zero attached hydrogens (tertiary/aromatic N) is 1. The number of ketones is 1. The van der Waals surface area contributed by atoms with Crippen molar-refractivity contribution in [2.24, 2.45) is 0 Å². The molecule has 0 aliphatic carbocycles. The van der Waals surface area contributed by atoms with Crippen LogP contribution in [0.5, 0.6) is 11.5 Å². The predicted molar refractivity (Wildman–Crippen MR) is 83.7 cm³/mol. The fraction of sp³-hybridized carbons (Fsp3) is 0.235. The number of carbonyl (C=O) groups is 1. The van der Waals surface area contributed by atoms with Crippen LogP contribution >= 0.6 is 0 Å². The predicted octanol–water partition coefficient (Wildman–Crippen LogP) is 3.00. The van der Waals surface area contributed by atoms with Crippen LogP contribution in [0.25, 0.3) is 0 Å². The van der Waals surface area contributed by atoms with E-state index in [0.717, 1.165) is 5.69 Å². The van der Waals surface area contributed by atoms with Gasteiger partial charge in [-0.15, -0.1) is 0 Å². The van der Waals surface area contributed by atoms with Gasteiger partial charge in [-0.2, -0.15) is 0 Å².